The lowest BCUT2D eigenvalue weighted by Gasteiger charge is -2.04. The molecule has 0 spiro atoms. The molecule has 1 aromatic carbocycles. The topological polar surface area (TPSA) is 120 Å². The van der Waals surface area contributed by atoms with E-state index in [0.717, 1.165) is 18.2 Å². The van der Waals surface area contributed by atoms with Gasteiger partial charge in [0.2, 0.25) is 0 Å². The number of carbonyl (C=O) groups excluding carboxylic acids is 2. The van der Waals surface area contributed by atoms with Gasteiger partial charge in [-0.2, -0.15) is 0 Å². The fraction of sp³-hybridized carbons (Fsp3) is 0.385. The standard InChI is InChI=1S/C13H14N2O6/c1-8(2)5-10(16)7-13(17)11-6-9(14(18)19)3-4-12(11)15(20)21/h3-4,6,8H,5,7H2,1-2H3. The number of rotatable bonds is 7. The van der Waals surface area contributed by atoms with Crippen LogP contribution in [0.1, 0.15) is 37.0 Å². The average molecular weight is 294 g/mol. The van der Waals surface area contributed by atoms with E-state index in [4.69, 9.17) is 0 Å². The molecule has 0 bridgehead atoms. The molecule has 0 aliphatic carbocycles. The number of hydrogen-bond donors (Lipinski definition) is 0. The Morgan fingerprint density at radius 3 is 2.24 bits per heavy atom. The number of nitro benzene ring substituents is 2. The molecule has 0 aromatic heterocycles. The molecule has 0 unspecified atom stereocenters. The zero-order chi connectivity index (χ0) is 16.2. The minimum atomic E-state index is -0.802. The van der Waals surface area contributed by atoms with Gasteiger partial charge in [0, 0.05) is 24.6 Å². The minimum Gasteiger partial charge on any atom is -0.299 e. The molecule has 0 amide bonds. The second-order valence-electron chi connectivity index (χ2n) is 4.95. The minimum absolute atomic E-state index is 0.0606. The quantitative estimate of drug-likeness (QED) is 0.330. The van der Waals surface area contributed by atoms with Gasteiger partial charge in [0.25, 0.3) is 11.4 Å². The number of nitrogens with zero attached hydrogens (tertiary/aromatic N) is 2. The molecule has 0 N–H and O–H groups in total. The van der Waals surface area contributed by atoms with Gasteiger partial charge in [-0.05, 0) is 5.92 Å². The molecule has 0 heterocycles. The summed E-state index contributed by atoms with van der Waals surface area (Å²) in [5.41, 5.74) is -1.38. The Balaban J connectivity index is 3.11. The van der Waals surface area contributed by atoms with E-state index >= 15 is 0 Å². The van der Waals surface area contributed by atoms with Gasteiger partial charge in [0.15, 0.2) is 5.78 Å². The second kappa shape index (κ2) is 6.69. The Morgan fingerprint density at radius 1 is 1.14 bits per heavy atom. The summed E-state index contributed by atoms with van der Waals surface area (Å²) in [6.45, 7) is 3.61. The smallest absolute Gasteiger partial charge is 0.280 e. The molecule has 0 aliphatic heterocycles. The first-order valence-electron chi connectivity index (χ1n) is 6.20. The number of benzene rings is 1. The Bertz CT molecular complexity index is 609. The molecule has 8 nitrogen and oxygen atoms in total. The highest BCUT2D eigenvalue weighted by molar-refractivity contribution is 6.10. The lowest BCUT2D eigenvalue weighted by Crippen LogP contribution is -2.12. The predicted molar refractivity (Wildman–Crippen MR) is 73.2 cm³/mol. The van der Waals surface area contributed by atoms with E-state index in [2.05, 4.69) is 0 Å². The molecule has 0 aliphatic rings. The van der Waals surface area contributed by atoms with Crippen LogP contribution in [-0.2, 0) is 4.79 Å². The molecule has 0 atom stereocenters. The third kappa shape index (κ3) is 4.44. The van der Waals surface area contributed by atoms with Crippen molar-refractivity contribution in [3.8, 4) is 0 Å². The highest BCUT2D eigenvalue weighted by Gasteiger charge is 2.25. The van der Waals surface area contributed by atoms with Gasteiger partial charge in [0.1, 0.15) is 11.3 Å². The van der Waals surface area contributed by atoms with E-state index in [9.17, 15) is 29.8 Å². The van der Waals surface area contributed by atoms with Crippen LogP contribution in [0.5, 0.6) is 0 Å². The van der Waals surface area contributed by atoms with Gasteiger partial charge >= 0.3 is 0 Å². The van der Waals surface area contributed by atoms with Gasteiger partial charge in [-0.25, -0.2) is 0 Å². The normalized spacial score (nSPS) is 10.4. The number of carbonyl (C=O) groups is 2. The number of non-ortho nitro benzene ring substituents is 1. The highest BCUT2D eigenvalue weighted by atomic mass is 16.6. The van der Waals surface area contributed by atoms with Crippen LogP contribution in [-0.4, -0.2) is 21.4 Å². The van der Waals surface area contributed by atoms with Crippen LogP contribution >= 0.6 is 0 Å². The largest absolute Gasteiger partial charge is 0.299 e. The molecule has 0 saturated heterocycles. The number of Topliss-reactive ketones (excluding diaryl/α,β-unsaturated/α-hetero) is 2. The zero-order valence-electron chi connectivity index (χ0n) is 11.6. The summed E-state index contributed by atoms with van der Waals surface area (Å²) in [4.78, 5) is 43.6. The van der Waals surface area contributed by atoms with Gasteiger partial charge in [-0.3, -0.25) is 29.8 Å². The fourth-order valence-corrected chi connectivity index (χ4v) is 1.82. The molecule has 21 heavy (non-hydrogen) atoms. The van der Waals surface area contributed by atoms with E-state index < -0.39 is 39.0 Å². The van der Waals surface area contributed by atoms with Crippen LogP contribution in [0.4, 0.5) is 11.4 Å². The van der Waals surface area contributed by atoms with Crippen molar-refractivity contribution in [2.45, 2.75) is 26.7 Å². The van der Waals surface area contributed by atoms with Crippen LogP contribution in [0.25, 0.3) is 0 Å². The van der Waals surface area contributed by atoms with Crippen molar-refractivity contribution in [2.24, 2.45) is 5.92 Å². The van der Waals surface area contributed by atoms with Crippen molar-refractivity contribution in [3.63, 3.8) is 0 Å². The Hall–Kier alpha value is -2.64. The zero-order valence-corrected chi connectivity index (χ0v) is 11.6. The molecular weight excluding hydrogens is 280 g/mol. The lowest BCUT2D eigenvalue weighted by atomic mass is 9.99. The van der Waals surface area contributed by atoms with Crippen molar-refractivity contribution in [3.05, 3.63) is 44.0 Å². The van der Waals surface area contributed by atoms with Gasteiger partial charge in [-0.15, -0.1) is 0 Å². The number of ketones is 2. The van der Waals surface area contributed by atoms with Crippen LogP contribution in [0.3, 0.4) is 0 Å². The Kier molecular flexibility index (Phi) is 5.23. The SMILES string of the molecule is CC(C)CC(=O)CC(=O)c1cc([N+](=O)[O-])ccc1[N+](=O)[O-]. The van der Waals surface area contributed by atoms with Crippen LogP contribution < -0.4 is 0 Å². The first-order valence-corrected chi connectivity index (χ1v) is 6.20. The average Bonchev–Trinajstić information content (AvgIpc) is 2.36. The van der Waals surface area contributed by atoms with Crippen LogP contribution in [0.2, 0.25) is 0 Å². The van der Waals surface area contributed by atoms with E-state index in [1.165, 1.54) is 0 Å². The summed E-state index contributed by atoms with van der Waals surface area (Å²) in [7, 11) is 0. The van der Waals surface area contributed by atoms with E-state index in [-0.39, 0.29) is 18.1 Å². The first-order chi connectivity index (χ1) is 9.72. The summed E-state index contributed by atoms with van der Waals surface area (Å²) in [5, 5.41) is 21.6. The summed E-state index contributed by atoms with van der Waals surface area (Å²) >= 11 is 0. The summed E-state index contributed by atoms with van der Waals surface area (Å²) in [5.74, 6) is -1.07. The van der Waals surface area contributed by atoms with Crippen molar-refractivity contribution in [2.75, 3.05) is 0 Å². The van der Waals surface area contributed by atoms with E-state index in [1.807, 2.05) is 0 Å². The van der Waals surface area contributed by atoms with Crippen LogP contribution in [0, 0.1) is 26.1 Å². The third-order valence-corrected chi connectivity index (χ3v) is 2.68. The monoisotopic (exact) mass is 294 g/mol. The maximum absolute atomic E-state index is 12.0. The molecule has 0 saturated carbocycles. The van der Waals surface area contributed by atoms with Crippen molar-refractivity contribution < 1.29 is 19.4 Å². The maximum Gasteiger partial charge on any atom is 0.280 e. The van der Waals surface area contributed by atoms with Gasteiger partial charge < -0.3 is 0 Å². The van der Waals surface area contributed by atoms with Crippen molar-refractivity contribution in [1.29, 1.82) is 0 Å². The summed E-state index contributed by atoms with van der Waals surface area (Å²) in [6, 6.07) is 2.69. The molecule has 112 valence electrons. The first kappa shape index (κ1) is 16.4. The fourth-order valence-electron chi connectivity index (χ4n) is 1.82. The van der Waals surface area contributed by atoms with Gasteiger partial charge in [0.05, 0.1) is 16.3 Å². The lowest BCUT2D eigenvalue weighted by molar-refractivity contribution is -0.389. The highest BCUT2D eigenvalue weighted by Crippen LogP contribution is 2.25. The predicted octanol–water partition coefficient (Wildman–Crippen LogP) is 2.69. The van der Waals surface area contributed by atoms with E-state index in [0.29, 0.717) is 0 Å². The number of nitro groups is 2. The molecule has 1 rings (SSSR count). The molecular formula is C13H14N2O6. The molecule has 0 radical (unpaired) electrons. The second-order valence-corrected chi connectivity index (χ2v) is 4.95. The van der Waals surface area contributed by atoms with Crippen LogP contribution in [0.15, 0.2) is 18.2 Å². The molecule has 8 heteroatoms. The van der Waals surface area contributed by atoms with Crippen molar-refractivity contribution in [1.82, 2.24) is 0 Å². The molecule has 1 aromatic rings. The Morgan fingerprint density at radius 2 is 1.76 bits per heavy atom. The summed E-state index contributed by atoms with van der Waals surface area (Å²) in [6.07, 6.45) is -0.325. The molecule has 0 fully saturated rings. The summed E-state index contributed by atoms with van der Waals surface area (Å²) < 4.78 is 0. The maximum atomic E-state index is 12.0. The third-order valence-electron chi connectivity index (χ3n) is 2.68. The van der Waals surface area contributed by atoms with E-state index in [1.54, 1.807) is 13.8 Å². The van der Waals surface area contributed by atoms with Crippen molar-refractivity contribution >= 4 is 22.9 Å². The Labute approximate surface area is 120 Å². The number of hydrogen-bond acceptors (Lipinski definition) is 6. The van der Waals surface area contributed by atoms with Gasteiger partial charge in [-0.1, -0.05) is 13.8 Å².